The second-order valence-electron chi connectivity index (χ2n) is 6.89. The number of piperidine rings is 1. The Bertz CT molecular complexity index is 374. The monoisotopic (exact) mass is 297 g/mol. The summed E-state index contributed by atoms with van der Waals surface area (Å²) in [5.41, 5.74) is 0.322. The molecule has 21 heavy (non-hydrogen) atoms. The zero-order valence-electron chi connectivity index (χ0n) is 13.4. The first kappa shape index (κ1) is 17.7. The number of ether oxygens (including phenoxy) is 1. The van der Waals surface area contributed by atoms with Gasteiger partial charge in [-0.2, -0.15) is 0 Å². The maximum absolute atomic E-state index is 11.7. The molecule has 0 saturated carbocycles. The van der Waals surface area contributed by atoms with E-state index in [4.69, 9.17) is 4.74 Å². The Morgan fingerprint density at radius 1 is 1.10 bits per heavy atom. The number of hydrogen-bond donors (Lipinski definition) is 0. The van der Waals surface area contributed by atoms with Gasteiger partial charge < -0.3 is 9.64 Å². The standard InChI is InChI=1S/C16H27NO4/c1-16(2,3)10-6-4-5-7-14(19)21-15(20)17-11-8-13(18)9-12-17/h4-12H2,1-3H3. The Kier molecular flexibility index (Phi) is 6.85. The number of Topliss-reactive ketones (excluding diaryl/α,β-unsaturated/α-hetero) is 1. The van der Waals surface area contributed by atoms with Crippen LogP contribution in [-0.4, -0.2) is 35.8 Å². The van der Waals surface area contributed by atoms with Crippen molar-refractivity contribution in [3.63, 3.8) is 0 Å². The predicted octanol–water partition coefficient (Wildman–Crippen LogP) is 3.31. The first-order valence-electron chi connectivity index (χ1n) is 7.79. The van der Waals surface area contributed by atoms with Crippen LogP contribution in [0.3, 0.4) is 0 Å². The fourth-order valence-electron chi connectivity index (χ4n) is 2.25. The fourth-order valence-corrected chi connectivity index (χ4v) is 2.25. The molecule has 120 valence electrons. The fraction of sp³-hybridized carbons (Fsp3) is 0.812. The Labute approximate surface area is 127 Å². The molecule has 0 spiro atoms. The van der Waals surface area contributed by atoms with Crippen LogP contribution in [0.1, 0.15) is 65.7 Å². The van der Waals surface area contributed by atoms with E-state index in [0.717, 1.165) is 25.7 Å². The predicted molar refractivity (Wildman–Crippen MR) is 79.8 cm³/mol. The van der Waals surface area contributed by atoms with Crippen molar-refractivity contribution in [3.8, 4) is 0 Å². The molecule has 0 aromatic heterocycles. The Balaban J connectivity index is 2.13. The second kappa shape index (κ2) is 8.15. The highest BCUT2D eigenvalue weighted by Crippen LogP contribution is 2.22. The zero-order chi connectivity index (χ0) is 15.9. The molecule has 1 aliphatic rings. The molecule has 5 nitrogen and oxygen atoms in total. The van der Waals surface area contributed by atoms with Crippen LogP contribution in [0.5, 0.6) is 0 Å². The molecule has 0 aromatic carbocycles. The summed E-state index contributed by atoms with van der Waals surface area (Å²) < 4.78 is 4.81. The lowest BCUT2D eigenvalue weighted by Crippen LogP contribution is -2.39. The number of hydrogen-bond acceptors (Lipinski definition) is 4. The Morgan fingerprint density at radius 2 is 1.71 bits per heavy atom. The molecule has 0 unspecified atom stereocenters. The first-order valence-corrected chi connectivity index (χ1v) is 7.79. The SMILES string of the molecule is CC(C)(C)CCCCCC(=O)OC(=O)N1CCC(=O)CC1. The molecule has 0 radical (unpaired) electrons. The molecule has 0 bridgehead atoms. The summed E-state index contributed by atoms with van der Waals surface area (Å²) in [7, 11) is 0. The number of ketones is 1. The van der Waals surface area contributed by atoms with Crippen LogP contribution >= 0.6 is 0 Å². The van der Waals surface area contributed by atoms with Gasteiger partial charge in [-0.25, -0.2) is 4.79 Å². The molecule has 1 rings (SSSR count). The average Bonchev–Trinajstić information content (AvgIpc) is 2.37. The largest absolute Gasteiger partial charge is 0.417 e. The van der Waals surface area contributed by atoms with Gasteiger partial charge >= 0.3 is 12.1 Å². The second-order valence-corrected chi connectivity index (χ2v) is 6.89. The summed E-state index contributed by atoms with van der Waals surface area (Å²) in [5.74, 6) is -0.308. The van der Waals surface area contributed by atoms with Crippen molar-refractivity contribution in [1.82, 2.24) is 4.90 Å². The number of rotatable bonds is 5. The molecule has 5 heteroatoms. The van der Waals surface area contributed by atoms with Gasteiger partial charge in [-0.1, -0.05) is 33.6 Å². The Hall–Kier alpha value is -1.39. The van der Waals surface area contributed by atoms with E-state index in [1.54, 1.807) is 0 Å². The van der Waals surface area contributed by atoms with Crippen LogP contribution in [0.15, 0.2) is 0 Å². The van der Waals surface area contributed by atoms with E-state index in [-0.39, 0.29) is 12.2 Å². The van der Waals surface area contributed by atoms with Crippen molar-refractivity contribution in [2.75, 3.05) is 13.1 Å². The quantitative estimate of drug-likeness (QED) is 0.443. The third-order valence-corrected chi connectivity index (χ3v) is 3.59. The van der Waals surface area contributed by atoms with E-state index < -0.39 is 12.1 Å². The van der Waals surface area contributed by atoms with E-state index in [2.05, 4.69) is 20.8 Å². The summed E-state index contributed by atoms with van der Waals surface area (Å²) in [5, 5.41) is 0. The van der Waals surface area contributed by atoms with Crippen molar-refractivity contribution < 1.29 is 19.1 Å². The third kappa shape index (κ3) is 7.83. The molecule has 0 atom stereocenters. The smallest absolute Gasteiger partial charge is 0.376 e. The lowest BCUT2D eigenvalue weighted by atomic mass is 9.89. The highest BCUT2D eigenvalue weighted by atomic mass is 16.6. The molecule has 1 saturated heterocycles. The number of nitrogens with zero attached hydrogens (tertiary/aromatic N) is 1. The van der Waals surface area contributed by atoms with Crippen molar-refractivity contribution in [1.29, 1.82) is 0 Å². The van der Waals surface area contributed by atoms with Crippen LogP contribution in [0.4, 0.5) is 4.79 Å². The van der Waals surface area contributed by atoms with Crippen molar-refractivity contribution in [2.45, 2.75) is 65.7 Å². The number of carbonyl (C=O) groups excluding carboxylic acids is 3. The Morgan fingerprint density at radius 3 is 2.29 bits per heavy atom. The van der Waals surface area contributed by atoms with Crippen molar-refractivity contribution in [2.24, 2.45) is 5.41 Å². The van der Waals surface area contributed by atoms with Gasteiger partial charge in [-0.05, 0) is 18.3 Å². The normalized spacial score (nSPS) is 16.0. The molecule has 0 aliphatic carbocycles. The third-order valence-electron chi connectivity index (χ3n) is 3.59. The van der Waals surface area contributed by atoms with Crippen LogP contribution in [-0.2, 0) is 14.3 Å². The molecule has 0 aromatic rings. The van der Waals surface area contributed by atoms with Crippen LogP contribution in [0.25, 0.3) is 0 Å². The maximum atomic E-state index is 11.7. The molecule has 1 heterocycles. The average molecular weight is 297 g/mol. The van der Waals surface area contributed by atoms with Gasteiger partial charge in [0.05, 0.1) is 0 Å². The molecule has 1 aliphatic heterocycles. The highest BCUT2D eigenvalue weighted by molar-refractivity contribution is 5.86. The molecule has 0 N–H and O–H groups in total. The van der Waals surface area contributed by atoms with Crippen molar-refractivity contribution >= 4 is 17.8 Å². The van der Waals surface area contributed by atoms with Crippen LogP contribution < -0.4 is 0 Å². The summed E-state index contributed by atoms with van der Waals surface area (Å²) >= 11 is 0. The minimum absolute atomic E-state index is 0.157. The molecular formula is C16H27NO4. The van der Waals surface area contributed by atoms with Gasteiger partial charge in [-0.15, -0.1) is 0 Å². The van der Waals surface area contributed by atoms with Gasteiger partial charge in [0.1, 0.15) is 5.78 Å². The summed E-state index contributed by atoms with van der Waals surface area (Å²) in [6, 6.07) is 0. The number of unbranched alkanes of at least 4 members (excludes halogenated alkanes) is 2. The van der Waals surface area contributed by atoms with E-state index in [0.29, 0.717) is 31.3 Å². The number of esters is 1. The lowest BCUT2D eigenvalue weighted by molar-refractivity contribution is -0.138. The highest BCUT2D eigenvalue weighted by Gasteiger charge is 2.23. The van der Waals surface area contributed by atoms with Gasteiger partial charge in [0, 0.05) is 32.4 Å². The van der Waals surface area contributed by atoms with Gasteiger partial charge in [0.25, 0.3) is 0 Å². The number of amides is 1. The van der Waals surface area contributed by atoms with E-state index in [9.17, 15) is 14.4 Å². The van der Waals surface area contributed by atoms with Crippen LogP contribution in [0, 0.1) is 5.41 Å². The topological polar surface area (TPSA) is 63.7 Å². The molecule has 1 fully saturated rings. The zero-order valence-corrected chi connectivity index (χ0v) is 13.4. The minimum Gasteiger partial charge on any atom is -0.376 e. The minimum atomic E-state index is -0.609. The van der Waals surface area contributed by atoms with Gasteiger partial charge in [0.15, 0.2) is 0 Å². The summed E-state index contributed by atoms with van der Waals surface area (Å²) in [6.45, 7) is 7.31. The first-order chi connectivity index (χ1) is 9.78. The van der Waals surface area contributed by atoms with Gasteiger partial charge in [-0.3, -0.25) is 9.59 Å². The number of carbonyl (C=O) groups is 3. The van der Waals surface area contributed by atoms with E-state index >= 15 is 0 Å². The lowest BCUT2D eigenvalue weighted by Gasteiger charge is -2.24. The van der Waals surface area contributed by atoms with Gasteiger partial charge in [0.2, 0.25) is 0 Å². The van der Waals surface area contributed by atoms with Crippen LogP contribution in [0.2, 0.25) is 0 Å². The molecular weight excluding hydrogens is 270 g/mol. The summed E-state index contributed by atoms with van der Waals surface area (Å²) in [6.07, 6.45) is 4.32. The maximum Gasteiger partial charge on any atom is 0.417 e. The van der Waals surface area contributed by atoms with Crippen molar-refractivity contribution in [3.05, 3.63) is 0 Å². The van der Waals surface area contributed by atoms with E-state index in [1.165, 1.54) is 4.90 Å². The summed E-state index contributed by atoms with van der Waals surface area (Å²) in [4.78, 5) is 35.8. The number of likely N-dealkylation sites (tertiary alicyclic amines) is 1. The van der Waals surface area contributed by atoms with E-state index in [1.807, 2.05) is 0 Å². The molecule has 1 amide bonds.